The van der Waals surface area contributed by atoms with E-state index in [1.165, 1.54) is 21.6 Å². The molecule has 0 radical (unpaired) electrons. The minimum Gasteiger partial charge on any atom is -0.351 e. The van der Waals surface area contributed by atoms with Crippen LogP contribution in [0.25, 0.3) is 0 Å². The van der Waals surface area contributed by atoms with Gasteiger partial charge in [-0.05, 0) is 73.8 Å². The Labute approximate surface area is 223 Å². The summed E-state index contributed by atoms with van der Waals surface area (Å²) in [5.74, 6) is -0.588. The third kappa shape index (κ3) is 7.63. The van der Waals surface area contributed by atoms with E-state index in [0.29, 0.717) is 37.8 Å². The fourth-order valence-corrected chi connectivity index (χ4v) is 5.40. The minimum atomic E-state index is -0.708. The molecule has 1 aliphatic heterocycles. The number of hydrogen-bond donors (Lipinski definition) is 2. The van der Waals surface area contributed by atoms with Crippen molar-refractivity contribution in [3.8, 4) is 0 Å². The van der Waals surface area contributed by atoms with Crippen molar-refractivity contribution in [1.82, 2.24) is 10.2 Å². The number of nitrogens with zero attached hydrogens (tertiary/aromatic N) is 2. The summed E-state index contributed by atoms with van der Waals surface area (Å²) < 4.78 is 0. The molecular formula is C29H36N4O5. The van der Waals surface area contributed by atoms with Crippen molar-refractivity contribution in [2.45, 2.75) is 76.3 Å². The van der Waals surface area contributed by atoms with Crippen LogP contribution in [0, 0.1) is 10.1 Å². The zero-order valence-corrected chi connectivity index (χ0v) is 21.7. The van der Waals surface area contributed by atoms with Gasteiger partial charge in [-0.2, -0.15) is 0 Å². The molecule has 2 aliphatic rings. The second-order valence-corrected chi connectivity index (χ2v) is 10.2. The Morgan fingerprint density at radius 2 is 1.76 bits per heavy atom. The summed E-state index contributed by atoms with van der Waals surface area (Å²) in [6.07, 6.45) is 6.20. The highest BCUT2D eigenvalue weighted by atomic mass is 16.6. The van der Waals surface area contributed by atoms with Gasteiger partial charge in [0.1, 0.15) is 6.04 Å². The number of carbonyl (C=O) groups is 3. The quantitative estimate of drug-likeness (QED) is 0.251. The summed E-state index contributed by atoms with van der Waals surface area (Å²) in [5.41, 5.74) is 4.44. The van der Waals surface area contributed by atoms with E-state index >= 15 is 0 Å². The molecule has 1 fully saturated rings. The van der Waals surface area contributed by atoms with E-state index < -0.39 is 11.0 Å². The van der Waals surface area contributed by atoms with Crippen molar-refractivity contribution in [1.29, 1.82) is 0 Å². The number of unbranched alkanes of at least 4 members (excludes halogenated alkanes) is 1. The van der Waals surface area contributed by atoms with Crippen molar-refractivity contribution in [3.63, 3.8) is 0 Å². The lowest BCUT2D eigenvalue weighted by molar-refractivity contribution is -0.480. The van der Waals surface area contributed by atoms with E-state index in [1.54, 1.807) is 0 Å². The van der Waals surface area contributed by atoms with E-state index in [1.807, 2.05) is 48.5 Å². The molecule has 38 heavy (non-hydrogen) atoms. The van der Waals surface area contributed by atoms with Crippen LogP contribution >= 0.6 is 0 Å². The fourth-order valence-electron chi connectivity index (χ4n) is 5.40. The van der Waals surface area contributed by atoms with Crippen molar-refractivity contribution < 1.29 is 19.3 Å². The molecule has 0 saturated carbocycles. The molecule has 4 rings (SSSR count). The second kappa shape index (κ2) is 13.2. The number of carbonyl (C=O) groups excluding carboxylic acids is 3. The molecule has 3 amide bonds. The maximum absolute atomic E-state index is 13.3. The van der Waals surface area contributed by atoms with Gasteiger partial charge in [0.15, 0.2) is 0 Å². The van der Waals surface area contributed by atoms with Crippen molar-refractivity contribution in [2.24, 2.45) is 0 Å². The molecule has 2 aromatic rings. The van der Waals surface area contributed by atoms with Crippen LogP contribution in [-0.4, -0.2) is 52.7 Å². The number of aryl methyl sites for hydroxylation is 3. The van der Waals surface area contributed by atoms with E-state index in [-0.39, 0.29) is 43.3 Å². The molecule has 0 spiro atoms. The molecule has 0 aromatic heterocycles. The SMILES string of the molecule is O=C(CCCc1ccccc1)N[C@@H]1C[C@@H](C(=O)Nc2ccc3c(c2)CCC3)N(C(=O)CCCC[N+](=O)[O-])C1. The smallest absolute Gasteiger partial charge is 0.247 e. The predicted molar refractivity (Wildman–Crippen MR) is 144 cm³/mol. The highest BCUT2D eigenvalue weighted by molar-refractivity contribution is 5.98. The van der Waals surface area contributed by atoms with Gasteiger partial charge in [0.2, 0.25) is 24.3 Å². The van der Waals surface area contributed by atoms with Crippen molar-refractivity contribution >= 4 is 23.4 Å². The summed E-state index contributed by atoms with van der Waals surface area (Å²) in [7, 11) is 0. The number of anilines is 1. The lowest BCUT2D eigenvalue weighted by Crippen LogP contribution is -2.43. The molecule has 2 atom stereocenters. The molecule has 9 nitrogen and oxygen atoms in total. The number of nitro groups is 1. The van der Waals surface area contributed by atoms with Crippen LogP contribution in [0.3, 0.4) is 0 Å². The van der Waals surface area contributed by atoms with Gasteiger partial charge in [0.25, 0.3) is 0 Å². The van der Waals surface area contributed by atoms with Crippen LogP contribution in [0.4, 0.5) is 5.69 Å². The predicted octanol–water partition coefficient (Wildman–Crippen LogP) is 3.67. The normalized spacial score (nSPS) is 18.2. The van der Waals surface area contributed by atoms with Gasteiger partial charge in [-0.15, -0.1) is 0 Å². The molecule has 1 heterocycles. The third-order valence-electron chi connectivity index (χ3n) is 7.35. The zero-order chi connectivity index (χ0) is 26.9. The van der Waals surface area contributed by atoms with Gasteiger partial charge in [-0.25, -0.2) is 0 Å². The lowest BCUT2D eigenvalue weighted by atomic mass is 10.1. The van der Waals surface area contributed by atoms with Gasteiger partial charge in [0.05, 0.1) is 0 Å². The number of rotatable bonds is 12. The standard InChI is InChI=1S/C29H36N4O5/c34-27(13-6-10-21-8-2-1-3-9-21)30-25-19-26(32(20-25)28(35)14-4-5-17-33(37)38)29(36)31-24-16-15-22-11-7-12-23(22)18-24/h1-3,8-9,15-16,18,25-26H,4-7,10-14,17,19-20H2,(H,30,34)(H,31,36)/t25-,26+/m1/s1. The molecular weight excluding hydrogens is 484 g/mol. The van der Waals surface area contributed by atoms with Crippen molar-refractivity contribution in [2.75, 3.05) is 18.4 Å². The monoisotopic (exact) mass is 520 g/mol. The minimum absolute atomic E-state index is 0.0935. The van der Waals surface area contributed by atoms with Crippen LogP contribution in [-0.2, 0) is 33.6 Å². The van der Waals surface area contributed by atoms with E-state index in [2.05, 4.69) is 10.6 Å². The fraction of sp³-hybridized carbons (Fsp3) is 0.483. The van der Waals surface area contributed by atoms with E-state index in [4.69, 9.17) is 0 Å². The Morgan fingerprint density at radius 3 is 2.55 bits per heavy atom. The molecule has 202 valence electrons. The van der Waals surface area contributed by atoms with Gasteiger partial charge < -0.3 is 15.5 Å². The Morgan fingerprint density at radius 1 is 0.974 bits per heavy atom. The average molecular weight is 521 g/mol. The molecule has 0 bridgehead atoms. The summed E-state index contributed by atoms with van der Waals surface area (Å²) in [6.45, 7) is 0.0674. The van der Waals surface area contributed by atoms with Gasteiger partial charge in [-0.3, -0.25) is 24.5 Å². The van der Waals surface area contributed by atoms with Gasteiger partial charge >= 0.3 is 0 Å². The number of likely N-dealkylation sites (tertiary alicyclic amines) is 1. The van der Waals surface area contributed by atoms with Crippen LogP contribution in [0.15, 0.2) is 48.5 Å². The van der Waals surface area contributed by atoms with Gasteiger partial charge in [-0.1, -0.05) is 36.4 Å². The summed E-state index contributed by atoms with van der Waals surface area (Å²) in [4.78, 5) is 50.7. The number of hydrogen-bond acceptors (Lipinski definition) is 5. The maximum atomic E-state index is 13.3. The first-order valence-electron chi connectivity index (χ1n) is 13.6. The number of fused-ring (bicyclic) bond motifs is 1. The third-order valence-corrected chi connectivity index (χ3v) is 7.35. The zero-order valence-electron chi connectivity index (χ0n) is 21.7. The summed E-state index contributed by atoms with van der Waals surface area (Å²) in [5, 5.41) is 16.6. The first-order chi connectivity index (χ1) is 18.4. The lowest BCUT2D eigenvalue weighted by Gasteiger charge is -2.24. The number of benzene rings is 2. The Kier molecular flexibility index (Phi) is 9.46. The van der Waals surface area contributed by atoms with Crippen LogP contribution in [0.2, 0.25) is 0 Å². The average Bonchev–Trinajstić information content (AvgIpc) is 3.54. The van der Waals surface area contributed by atoms with Crippen molar-refractivity contribution in [3.05, 3.63) is 75.3 Å². The number of amides is 3. The topological polar surface area (TPSA) is 122 Å². The number of nitrogens with one attached hydrogen (secondary N) is 2. The largest absolute Gasteiger partial charge is 0.351 e. The summed E-state index contributed by atoms with van der Waals surface area (Å²) in [6, 6.07) is 14.9. The summed E-state index contributed by atoms with van der Waals surface area (Å²) >= 11 is 0. The molecule has 2 N–H and O–H groups in total. The Hall–Kier alpha value is -3.75. The van der Waals surface area contributed by atoms with Crippen LogP contribution < -0.4 is 10.6 Å². The van der Waals surface area contributed by atoms with Crippen LogP contribution in [0.1, 0.15) is 61.6 Å². The molecule has 9 heteroatoms. The van der Waals surface area contributed by atoms with Gasteiger partial charge in [0, 0.05) is 42.5 Å². The molecule has 1 aliphatic carbocycles. The highest BCUT2D eigenvalue weighted by Gasteiger charge is 2.40. The Bertz CT molecular complexity index is 1150. The highest BCUT2D eigenvalue weighted by Crippen LogP contribution is 2.26. The maximum Gasteiger partial charge on any atom is 0.247 e. The molecule has 0 unspecified atom stereocenters. The van der Waals surface area contributed by atoms with E-state index in [0.717, 1.165) is 25.7 Å². The molecule has 2 aromatic carbocycles. The first-order valence-corrected chi connectivity index (χ1v) is 13.6. The van der Waals surface area contributed by atoms with Crippen LogP contribution in [0.5, 0.6) is 0 Å². The first kappa shape index (κ1) is 27.3. The second-order valence-electron chi connectivity index (χ2n) is 10.2. The van der Waals surface area contributed by atoms with E-state index in [9.17, 15) is 24.5 Å². The Balaban J connectivity index is 1.35. The molecule has 1 saturated heterocycles.